The maximum atomic E-state index is 4.39. The molecule has 0 amide bonds. The molecule has 0 fully saturated rings. The summed E-state index contributed by atoms with van der Waals surface area (Å²) in [4.78, 5) is 4.39. The Labute approximate surface area is 97.2 Å². The van der Waals surface area contributed by atoms with Gasteiger partial charge in [-0.15, -0.1) is 0 Å². The average Bonchev–Trinajstić information content (AvgIpc) is 2.30. The SMILES string of the molecule is [CH2]C(C)c1ccnc(Cc2ccccc2)c1. The molecule has 81 valence electrons. The van der Waals surface area contributed by atoms with Crippen molar-refractivity contribution in [3.63, 3.8) is 0 Å². The molecule has 0 bridgehead atoms. The highest BCUT2D eigenvalue weighted by Gasteiger charge is 2.02. The minimum atomic E-state index is 0.317. The van der Waals surface area contributed by atoms with Gasteiger partial charge in [0.25, 0.3) is 0 Å². The van der Waals surface area contributed by atoms with Crippen LogP contribution < -0.4 is 0 Å². The highest BCUT2D eigenvalue weighted by molar-refractivity contribution is 5.26. The van der Waals surface area contributed by atoms with Crippen molar-refractivity contribution in [2.24, 2.45) is 0 Å². The molecule has 0 aliphatic rings. The molecule has 1 radical (unpaired) electrons. The molecule has 0 N–H and O–H groups in total. The molecule has 1 atom stereocenters. The van der Waals surface area contributed by atoms with E-state index >= 15 is 0 Å². The fourth-order valence-electron chi connectivity index (χ4n) is 1.71. The van der Waals surface area contributed by atoms with Crippen LogP contribution in [0, 0.1) is 6.92 Å². The zero-order valence-corrected chi connectivity index (χ0v) is 9.56. The Morgan fingerprint density at radius 2 is 1.94 bits per heavy atom. The van der Waals surface area contributed by atoms with Gasteiger partial charge >= 0.3 is 0 Å². The largest absolute Gasteiger partial charge is 0.261 e. The number of aromatic nitrogens is 1. The van der Waals surface area contributed by atoms with Crippen molar-refractivity contribution in [1.82, 2.24) is 4.98 Å². The van der Waals surface area contributed by atoms with Crippen LogP contribution in [0.3, 0.4) is 0 Å². The van der Waals surface area contributed by atoms with E-state index in [1.807, 2.05) is 18.3 Å². The minimum absolute atomic E-state index is 0.317. The van der Waals surface area contributed by atoms with Crippen molar-refractivity contribution in [2.45, 2.75) is 19.3 Å². The molecule has 16 heavy (non-hydrogen) atoms. The van der Waals surface area contributed by atoms with Crippen LogP contribution in [0.15, 0.2) is 48.7 Å². The lowest BCUT2D eigenvalue weighted by Crippen LogP contribution is -1.95. The number of benzene rings is 1. The Balaban J connectivity index is 2.19. The molecule has 0 aliphatic carbocycles. The van der Waals surface area contributed by atoms with E-state index in [1.165, 1.54) is 11.1 Å². The third-order valence-electron chi connectivity index (χ3n) is 2.64. The van der Waals surface area contributed by atoms with Crippen LogP contribution in [0.2, 0.25) is 0 Å². The molecular formula is C15H16N. The highest BCUT2D eigenvalue weighted by atomic mass is 14.7. The lowest BCUT2D eigenvalue weighted by molar-refractivity contribution is 0.939. The van der Waals surface area contributed by atoms with Crippen LogP contribution in [0.25, 0.3) is 0 Å². The summed E-state index contributed by atoms with van der Waals surface area (Å²) in [5.74, 6) is 0.317. The summed E-state index contributed by atoms with van der Waals surface area (Å²) >= 11 is 0. The molecule has 1 heterocycles. The summed E-state index contributed by atoms with van der Waals surface area (Å²) < 4.78 is 0. The van der Waals surface area contributed by atoms with E-state index in [9.17, 15) is 0 Å². The average molecular weight is 210 g/mol. The van der Waals surface area contributed by atoms with Gasteiger partial charge in [-0.1, -0.05) is 37.3 Å². The predicted octanol–water partition coefficient (Wildman–Crippen LogP) is 3.61. The van der Waals surface area contributed by atoms with Gasteiger partial charge in [0.2, 0.25) is 0 Å². The molecule has 0 spiro atoms. The second-order valence-corrected chi connectivity index (χ2v) is 4.14. The maximum absolute atomic E-state index is 4.39. The molecule has 2 rings (SSSR count). The van der Waals surface area contributed by atoms with Gasteiger partial charge in [0.05, 0.1) is 0 Å². The Hall–Kier alpha value is -1.63. The number of pyridine rings is 1. The zero-order chi connectivity index (χ0) is 11.4. The van der Waals surface area contributed by atoms with Gasteiger partial charge in [-0.2, -0.15) is 0 Å². The second-order valence-electron chi connectivity index (χ2n) is 4.14. The fraction of sp³-hybridized carbons (Fsp3) is 0.200. The Bertz CT molecular complexity index is 446. The Kier molecular flexibility index (Phi) is 3.35. The van der Waals surface area contributed by atoms with Gasteiger partial charge in [-0.25, -0.2) is 0 Å². The minimum Gasteiger partial charge on any atom is -0.261 e. The number of nitrogens with zero attached hydrogens (tertiary/aromatic N) is 1. The molecule has 1 unspecified atom stereocenters. The Morgan fingerprint density at radius 3 is 2.62 bits per heavy atom. The first-order valence-corrected chi connectivity index (χ1v) is 5.57. The summed E-state index contributed by atoms with van der Waals surface area (Å²) in [6, 6.07) is 14.6. The molecule has 1 aromatic heterocycles. The zero-order valence-electron chi connectivity index (χ0n) is 9.56. The third-order valence-corrected chi connectivity index (χ3v) is 2.64. The number of hydrogen-bond acceptors (Lipinski definition) is 1. The van der Waals surface area contributed by atoms with Crippen molar-refractivity contribution in [1.29, 1.82) is 0 Å². The normalized spacial score (nSPS) is 10.7. The number of rotatable bonds is 3. The van der Waals surface area contributed by atoms with Gasteiger partial charge in [0.15, 0.2) is 0 Å². The standard InChI is InChI=1S/C15H16N/c1-12(2)14-8-9-16-15(11-14)10-13-6-4-3-5-7-13/h3-9,11-12H,1,10H2,2H3. The van der Waals surface area contributed by atoms with Gasteiger partial charge in [0.1, 0.15) is 0 Å². The van der Waals surface area contributed by atoms with E-state index in [-0.39, 0.29) is 0 Å². The van der Waals surface area contributed by atoms with Gasteiger partial charge in [-0.3, -0.25) is 4.98 Å². The van der Waals surface area contributed by atoms with Crippen molar-refractivity contribution >= 4 is 0 Å². The van der Waals surface area contributed by atoms with Crippen molar-refractivity contribution < 1.29 is 0 Å². The first kappa shape index (κ1) is 10.9. The van der Waals surface area contributed by atoms with E-state index in [2.05, 4.69) is 49.2 Å². The van der Waals surface area contributed by atoms with Gasteiger partial charge in [-0.05, 0) is 36.1 Å². The summed E-state index contributed by atoms with van der Waals surface area (Å²) in [6.07, 6.45) is 2.76. The van der Waals surface area contributed by atoms with Crippen molar-refractivity contribution in [2.75, 3.05) is 0 Å². The third kappa shape index (κ3) is 2.69. The first-order valence-electron chi connectivity index (χ1n) is 5.57. The van der Waals surface area contributed by atoms with Crippen LogP contribution in [0.1, 0.15) is 29.7 Å². The second kappa shape index (κ2) is 4.93. The Morgan fingerprint density at radius 1 is 1.19 bits per heavy atom. The van der Waals surface area contributed by atoms with Crippen LogP contribution in [-0.4, -0.2) is 4.98 Å². The summed E-state index contributed by atoms with van der Waals surface area (Å²) in [7, 11) is 0. The summed E-state index contributed by atoms with van der Waals surface area (Å²) in [5.41, 5.74) is 3.66. The highest BCUT2D eigenvalue weighted by Crippen LogP contribution is 2.15. The van der Waals surface area contributed by atoms with Crippen LogP contribution in [0.5, 0.6) is 0 Å². The molecule has 0 saturated carbocycles. The van der Waals surface area contributed by atoms with E-state index in [0.717, 1.165) is 12.1 Å². The predicted molar refractivity (Wildman–Crippen MR) is 67.3 cm³/mol. The molecule has 1 nitrogen and oxygen atoms in total. The monoisotopic (exact) mass is 210 g/mol. The fourth-order valence-corrected chi connectivity index (χ4v) is 1.71. The molecule has 0 aliphatic heterocycles. The molecule has 1 heteroatoms. The molecule has 1 aromatic carbocycles. The first-order chi connectivity index (χ1) is 7.75. The molecule has 0 saturated heterocycles. The van der Waals surface area contributed by atoms with Crippen LogP contribution in [-0.2, 0) is 6.42 Å². The summed E-state index contributed by atoms with van der Waals surface area (Å²) in [5, 5.41) is 0. The smallest absolute Gasteiger partial charge is 0.0450 e. The van der Waals surface area contributed by atoms with Crippen LogP contribution in [0.4, 0.5) is 0 Å². The van der Waals surface area contributed by atoms with Crippen molar-refractivity contribution in [3.8, 4) is 0 Å². The molecular weight excluding hydrogens is 194 g/mol. The van der Waals surface area contributed by atoms with E-state index < -0.39 is 0 Å². The quantitative estimate of drug-likeness (QED) is 0.754. The van der Waals surface area contributed by atoms with Gasteiger partial charge in [0, 0.05) is 18.3 Å². The maximum Gasteiger partial charge on any atom is 0.0450 e. The van der Waals surface area contributed by atoms with E-state index in [0.29, 0.717) is 5.92 Å². The van der Waals surface area contributed by atoms with Crippen molar-refractivity contribution in [3.05, 3.63) is 72.4 Å². The molecule has 2 aromatic rings. The van der Waals surface area contributed by atoms with Gasteiger partial charge < -0.3 is 0 Å². The van der Waals surface area contributed by atoms with E-state index in [4.69, 9.17) is 0 Å². The topological polar surface area (TPSA) is 12.9 Å². The lowest BCUT2D eigenvalue weighted by Gasteiger charge is -2.07. The van der Waals surface area contributed by atoms with Crippen LogP contribution >= 0.6 is 0 Å². The lowest BCUT2D eigenvalue weighted by atomic mass is 10.0. The number of hydrogen-bond donors (Lipinski definition) is 0. The summed E-state index contributed by atoms with van der Waals surface area (Å²) in [6.45, 7) is 6.13. The van der Waals surface area contributed by atoms with E-state index in [1.54, 1.807) is 0 Å².